The smallest absolute Gasteiger partial charge is 0.317 e. The van der Waals surface area contributed by atoms with Crippen LogP contribution in [0.5, 0.6) is 0 Å². The highest BCUT2D eigenvalue weighted by atomic mass is 16.2. The maximum atomic E-state index is 11.7. The first kappa shape index (κ1) is 21.9. The number of amides is 2. The minimum Gasteiger partial charge on any atom is -0.341 e. The lowest BCUT2D eigenvalue weighted by molar-refractivity contribution is 0.194. The molecule has 0 atom stereocenters. The van der Waals surface area contributed by atoms with E-state index in [0.717, 1.165) is 60.7 Å². The number of H-pyrrole nitrogens is 2. The van der Waals surface area contributed by atoms with Crippen molar-refractivity contribution in [2.24, 2.45) is 0 Å². The second kappa shape index (κ2) is 9.93. The summed E-state index contributed by atoms with van der Waals surface area (Å²) in [6.07, 6.45) is 1.87. The Balaban J connectivity index is 0.000000145. The van der Waals surface area contributed by atoms with Crippen LogP contribution in [0.25, 0.3) is 22.5 Å². The van der Waals surface area contributed by atoms with E-state index in [1.54, 1.807) is 7.05 Å². The molecule has 8 heteroatoms. The van der Waals surface area contributed by atoms with Crippen molar-refractivity contribution in [2.45, 2.75) is 25.9 Å². The SMILES string of the molecule is CNC(=O)N1CCc2[nH]nc(-c3ccccc3)c2C1.c1ccc(-c2n[nH]c3c2CNCC3)cc1. The van der Waals surface area contributed by atoms with E-state index < -0.39 is 0 Å². The summed E-state index contributed by atoms with van der Waals surface area (Å²) >= 11 is 0. The maximum absolute atomic E-state index is 11.7. The maximum Gasteiger partial charge on any atom is 0.317 e. The number of rotatable bonds is 2. The number of carbonyl (C=O) groups excluding carboxylic acids is 1. The van der Waals surface area contributed by atoms with Crippen LogP contribution in [0.4, 0.5) is 4.79 Å². The number of fused-ring (bicyclic) bond motifs is 2. The number of nitrogens with zero attached hydrogens (tertiary/aromatic N) is 3. The van der Waals surface area contributed by atoms with Gasteiger partial charge in [0.15, 0.2) is 0 Å². The summed E-state index contributed by atoms with van der Waals surface area (Å²) in [6.45, 7) is 3.30. The Labute approximate surface area is 198 Å². The largest absolute Gasteiger partial charge is 0.341 e. The Morgan fingerprint density at radius 1 is 0.853 bits per heavy atom. The van der Waals surface area contributed by atoms with Gasteiger partial charge in [-0.25, -0.2) is 4.79 Å². The fourth-order valence-electron chi connectivity index (χ4n) is 4.52. The van der Waals surface area contributed by atoms with Gasteiger partial charge in [0.25, 0.3) is 0 Å². The molecule has 2 aromatic carbocycles. The number of benzene rings is 2. The fraction of sp³-hybridized carbons (Fsp3) is 0.269. The van der Waals surface area contributed by atoms with Crippen molar-refractivity contribution in [2.75, 3.05) is 20.1 Å². The van der Waals surface area contributed by atoms with E-state index in [0.29, 0.717) is 6.54 Å². The first-order valence-electron chi connectivity index (χ1n) is 11.6. The molecule has 2 amide bonds. The molecule has 174 valence electrons. The van der Waals surface area contributed by atoms with Crippen LogP contribution in [0.1, 0.15) is 22.5 Å². The van der Waals surface area contributed by atoms with Gasteiger partial charge in [0.2, 0.25) is 0 Å². The Hall–Kier alpha value is -3.91. The Kier molecular flexibility index (Phi) is 6.40. The Morgan fingerprint density at radius 2 is 1.44 bits per heavy atom. The summed E-state index contributed by atoms with van der Waals surface area (Å²) in [5, 5.41) is 21.1. The molecular formula is C26H29N7O. The number of carbonyl (C=O) groups is 1. The van der Waals surface area contributed by atoms with Gasteiger partial charge in [-0.1, -0.05) is 60.7 Å². The number of hydrogen-bond donors (Lipinski definition) is 4. The molecule has 8 nitrogen and oxygen atoms in total. The minimum absolute atomic E-state index is 0.0362. The van der Waals surface area contributed by atoms with Crippen molar-refractivity contribution in [3.8, 4) is 22.5 Å². The van der Waals surface area contributed by atoms with Crippen molar-refractivity contribution in [3.63, 3.8) is 0 Å². The van der Waals surface area contributed by atoms with Gasteiger partial charge < -0.3 is 15.5 Å². The van der Waals surface area contributed by atoms with Crippen molar-refractivity contribution in [1.29, 1.82) is 0 Å². The standard InChI is InChI=1S/C14H16N4O.C12H13N3/c1-15-14(19)18-8-7-12-11(9-18)13(17-16-12)10-5-3-2-4-6-10;1-2-4-9(5-3-1)12-10-8-13-7-6-11(10)14-15-12/h2-6H,7-9H2,1H3,(H,15,19)(H,16,17);1-5,13H,6-8H2,(H,14,15). The topological polar surface area (TPSA) is 102 Å². The number of nitrogens with one attached hydrogen (secondary N) is 4. The lowest BCUT2D eigenvalue weighted by Gasteiger charge is -2.26. The van der Waals surface area contributed by atoms with Gasteiger partial charge in [-0.2, -0.15) is 10.2 Å². The molecule has 2 aliphatic heterocycles. The Morgan fingerprint density at radius 3 is 2.06 bits per heavy atom. The molecule has 0 fully saturated rings. The van der Waals surface area contributed by atoms with Crippen LogP contribution in [-0.4, -0.2) is 51.5 Å². The summed E-state index contributed by atoms with van der Waals surface area (Å²) in [5.74, 6) is 0. The van der Waals surface area contributed by atoms with E-state index in [1.807, 2.05) is 53.4 Å². The highest BCUT2D eigenvalue weighted by Gasteiger charge is 2.25. The predicted molar refractivity (Wildman–Crippen MR) is 132 cm³/mol. The van der Waals surface area contributed by atoms with Crippen molar-refractivity contribution >= 4 is 6.03 Å². The molecule has 0 bridgehead atoms. The highest BCUT2D eigenvalue weighted by Crippen LogP contribution is 2.28. The average Bonchev–Trinajstić information content (AvgIpc) is 3.54. The zero-order chi connectivity index (χ0) is 23.3. The van der Waals surface area contributed by atoms with Gasteiger partial charge >= 0.3 is 6.03 Å². The Bertz CT molecular complexity index is 1250. The molecular weight excluding hydrogens is 426 g/mol. The quantitative estimate of drug-likeness (QED) is 0.372. The molecule has 6 rings (SSSR count). The summed E-state index contributed by atoms with van der Waals surface area (Å²) in [4.78, 5) is 13.5. The number of hydrogen-bond acceptors (Lipinski definition) is 4. The second-order valence-electron chi connectivity index (χ2n) is 8.44. The van der Waals surface area contributed by atoms with E-state index in [1.165, 1.54) is 16.8 Å². The molecule has 0 aliphatic carbocycles. The highest BCUT2D eigenvalue weighted by molar-refractivity contribution is 5.75. The molecule has 2 aromatic heterocycles. The van der Waals surface area contributed by atoms with Crippen LogP contribution < -0.4 is 10.6 Å². The number of aromatic amines is 2. The molecule has 4 N–H and O–H groups in total. The average molecular weight is 456 g/mol. The van der Waals surface area contributed by atoms with Crippen LogP contribution in [0.3, 0.4) is 0 Å². The molecule has 4 aromatic rings. The summed E-state index contributed by atoms with van der Waals surface area (Å²) in [7, 11) is 1.66. The molecule has 34 heavy (non-hydrogen) atoms. The van der Waals surface area contributed by atoms with E-state index >= 15 is 0 Å². The second-order valence-corrected chi connectivity index (χ2v) is 8.44. The van der Waals surface area contributed by atoms with Gasteiger partial charge in [0.05, 0.1) is 17.9 Å². The van der Waals surface area contributed by atoms with Crippen LogP contribution in [0.2, 0.25) is 0 Å². The summed E-state index contributed by atoms with van der Waals surface area (Å²) in [5.41, 5.74) is 9.19. The molecule has 0 unspecified atom stereocenters. The molecule has 0 radical (unpaired) electrons. The van der Waals surface area contributed by atoms with Crippen molar-refractivity contribution < 1.29 is 4.79 Å². The van der Waals surface area contributed by atoms with Crippen molar-refractivity contribution in [1.82, 2.24) is 35.9 Å². The lowest BCUT2D eigenvalue weighted by Crippen LogP contribution is -2.41. The van der Waals surface area contributed by atoms with E-state index in [2.05, 4.69) is 43.2 Å². The monoisotopic (exact) mass is 455 g/mol. The minimum atomic E-state index is -0.0362. The summed E-state index contributed by atoms with van der Waals surface area (Å²) < 4.78 is 0. The third-order valence-electron chi connectivity index (χ3n) is 6.34. The zero-order valence-electron chi connectivity index (χ0n) is 19.3. The van der Waals surface area contributed by atoms with Crippen LogP contribution in [-0.2, 0) is 25.9 Å². The molecule has 0 spiro atoms. The van der Waals surface area contributed by atoms with Gasteiger partial charge in [-0.3, -0.25) is 10.2 Å². The van der Waals surface area contributed by atoms with E-state index in [-0.39, 0.29) is 6.03 Å². The molecule has 0 saturated heterocycles. The first-order chi connectivity index (χ1) is 16.7. The summed E-state index contributed by atoms with van der Waals surface area (Å²) in [6, 6.07) is 20.3. The normalized spacial score (nSPS) is 14.4. The van der Waals surface area contributed by atoms with Gasteiger partial charge in [0, 0.05) is 73.2 Å². The number of urea groups is 1. The van der Waals surface area contributed by atoms with Crippen LogP contribution in [0, 0.1) is 0 Å². The molecule has 2 aliphatic rings. The van der Waals surface area contributed by atoms with Gasteiger partial charge in [-0.15, -0.1) is 0 Å². The van der Waals surface area contributed by atoms with E-state index in [4.69, 9.17) is 0 Å². The predicted octanol–water partition coefficient (Wildman–Crippen LogP) is 3.50. The molecule has 0 saturated carbocycles. The van der Waals surface area contributed by atoms with Gasteiger partial charge in [-0.05, 0) is 0 Å². The number of aromatic nitrogens is 4. The molecule has 4 heterocycles. The van der Waals surface area contributed by atoms with Gasteiger partial charge in [0.1, 0.15) is 0 Å². The van der Waals surface area contributed by atoms with E-state index in [9.17, 15) is 4.79 Å². The third kappa shape index (κ3) is 4.45. The fourth-order valence-corrected chi connectivity index (χ4v) is 4.52. The lowest BCUT2D eigenvalue weighted by atomic mass is 10.0. The first-order valence-corrected chi connectivity index (χ1v) is 11.6. The van der Waals surface area contributed by atoms with Crippen LogP contribution >= 0.6 is 0 Å². The third-order valence-corrected chi connectivity index (χ3v) is 6.34. The van der Waals surface area contributed by atoms with Crippen LogP contribution in [0.15, 0.2) is 60.7 Å². The van der Waals surface area contributed by atoms with Crippen molar-refractivity contribution in [3.05, 3.63) is 83.2 Å². The zero-order valence-corrected chi connectivity index (χ0v) is 19.3.